The zero-order chi connectivity index (χ0) is 15.6. The van der Waals surface area contributed by atoms with Gasteiger partial charge in [0.15, 0.2) is 6.29 Å². The highest BCUT2D eigenvalue weighted by Crippen LogP contribution is 2.15. The molecule has 2 heteroatoms. The van der Waals surface area contributed by atoms with E-state index < -0.39 is 0 Å². The minimum atomic E-state index is 0.104. The molecule has 0 aliphatic carbocycles. The van der Waals surface area contributed by atoms with E-state index in [0.29, 0.717) is 0 Å². The van der Waals surface area contributed by atoms with Crippen LogP contribution in [-0.2, 0) is 9.47 Å². The number of hydrogen-bond acceptors (Lipinski definition) is 2. The van der Waals surface area contributed by atoms with Crippen LogP contribution in [0.4, 0.5) is 0 Å². The first-order valence-corrected chi connectivity index (χ1v) is 9.66. The molecule has 0 amide bonds. The SMILES string of the molecule is CC.CCCCCCCCCCCCOC1CCCCO1. The van der Waals surface area contributed by atoms with Gasteiger partial charge in [0, 0.05) is 13.2 Å². The highest BCUT2D eigenvalue weighted by atomic mass is 16.7. The first-order valence-electron chi connectivity index (χ1n) is 9.66. The summed E-state index contributed by atoms with van der Waals surface area (Å²) < 4.78 is 11.3. The third-order valence-corrected chi connectivity index (χ3v) is 3.94. The molecule has 0 radical (unpaired) electrons. The lowest BCUT2D eigenvalue weighted by molar-refractivity contribution is -0.162. The Bertz CT molecular complexity index is 176. The van der Waals surface area contributed by atoms with E-state index in [0.717, 1.165) is 19.6 Å². The molecular formula is C19H40O2. The molecule has 1 heterocycles. The van der Waals surface area contributed by atoms with Gasteiger partial charge in [-0.15, -0.1) is 0 Å². The zero-order valence-corrected chi connectivity index (χ0v) is 15.0. The molecule has 128 valence electrons. The van der Waals surface area contributed by atoms with Crippen LogP contribution in [0.5, 0.6) is 0 Å². The Morgan fingerprint density at radius 1 is 0.810 bits per heavy atom. The molecule has 21 heavy (non-hydrogen) atoms. The Labute approximate surface area is 134 Å². The fraction of sp³-hybridized carbons (Fsp3) is 1.00. The third kappa shape index (κ3) is 14.6. The molecule has 0 aromatic rings. The van der Waals surface area contributed by atoms with Crippen molar-refractivity contribution in [2.24, 2.45) is 0 Å². The zero-order valence-electron chi connectivity index (χ0n) is 15.0. The van der Waals surface area contributed by atoms with Gasteiger partial charge < -0.3 is 9.47 Å². The van der Waals surface area contributed by atoms with Crippen LogP contribution in [0.3, 0.4) is 0 Å². The maximum Gasteiger partial charge on any atom is 0.157 e. The summed E-state index contributed by atoms with van der Waals surface area (Å²) in [5.41, 5.74) is 0. The maximum atomic E-state index is 5.73. The number of rotatable bonds is 12. The minimum Gasteiger partial charge on any atom is -0.353 e. The van der Waals surface area contributed by atoms with Crippen molar-refractivity contribution in [1.82, 2.24) is 0 Å². The molecule has 1 aliphatic heterocycles. The van der Waals surface area contributed by atoms with Gasteiger partial charge in [0.1, 0.15) is 0 Å². The van der Waals surface area contributed by atoms with Gasteiger partial charge in [0.2, 0.25) is 0 Å². The Morgan fingerprint density at radius 2 is 1.38 bits per heavy atom. The molecule has 0 aromatic heterocycles. The van der Waals surface area contributed by atoms with Crippen molar-refractivity contribution in [3.05, 3.63) is 0 Å². The second kappa shape index (κ2) is 18.0. The summed E-state index contributed by atoms with van der Waals surface area (Å²) in [7, 11) is 0. The van der Waals surface area contributed by atoms with E-state index in [1.165, 1.54) is 77.0 Å². The van der Waals surface area contributed by atoms with Gasteiger partial charge in [-0.25, -0.2) is 0 Å². The van der Waals surface area contributed by atoms with E-state index in [1.807, 2.05) is 13.8 Å². The molecule has 1 atom stereocenters. The molecule has 1 fully saturated rings. The van der Waals surface area contributed by atoms with Gasteiger partial charge in [-0.3, -0.25) is 0 Å². The molecule has 2 nitrogen and oxygen atoms in total. The highest BCUT2D eigenvalue weighted by molar-refractivity contribution is 4.54. The number of unbranched alkanes of at least 4 members (excludes halogenated alkanes) is 9. The van der Waals surface area contributed by atoms with Gasteiger partial charge in [0.25, 0.3) is 0 Å². The average molecular weight is 301 g/mol. The molecule has 0 spiro atoms. The molecule has 0 aromatic carbocycles. The predicted molar refractivity (Wildman–Crippen MR) is 92.7 cm³/mol. The first-order chi connectivity index (χ1) is 10.4. The van der Waals surface area contributed by atoms with Gasteiger partial charge >= 0.3 is 0 Å². The normalized spacial score (nSPS) is 18.1. The van der Waals surface area contributed by atoms with Crippen molar-refractivity contribution in [2.75, 3.05) is 13.2 Å². The van der Waals surface area contributed by atoms with Gasteiger partial charge in [-0.2, -0.15) is 0 Å². The first kappa shape index (κ1) is 20.9. The smallest absolute Gasteiger partial charge is 0.157 e. The summed E-state index contributed by atoms with van der Waals surface area (Å²) in [5, 5.41) is 0. The summed E-state index contributed by atoms with van der Waals surface area (Å²) in [4.78, 5) is 0. The van der Waals surface area contributed by atoms with Gasteiger partial charge in [0.05, 0.1) is 0 Å². The Morgan fingerprint density at radius 3 is 1.90 bits per heavy atom. The molecule has 1 rings (SSSR count). The van der Waals surface area contributed by atoms with Gasteiger partial charge in [-0.05, 0) is 25.7 Å². The lowest BCUT2D eigenvalue weighted by atomic mass is 10.1. The predicted octanol–water partition coefficient (Wildman–Crippen LogP) is 6.48. The van der Waals surface area contributed by atoms with E-state index >= 15 is 0 Å². The van der Waals surface area contributed by atoms with Crippen LogP contribution in [0.1, 0.15) is 104 Å². The maximum absolute atomic E-state index is 5.73. The monoisotopic (exact) mass is 300 g/mol. The Hall–Kier alpha value is -0.0800. The van der Waals surface area contributed by atoms with Crippen molar-refractivity contribution in [3.8, 4) is 0 Å². The van der Waals surface area contributed by atoms with Crippen molar-refractivity contribution >= 4 is 0 Å². The van der Waals surface area contributed by atoms with Crippen LogP contribution in [0, 0.1) is 0 Å². The van der Waals surface area contributed by atoms with E-state index in [4.69, 9.17) is 9.47 Å². The molecule has 1 unspecified atom stereocenters. The van der Waals surface area contributed by atoms with Crippen molar-refractivity contribution in [3.63, 3.8) is 0 Å². The lowest BCUT2D eigenvalue weighted by Gasteiger charge is -2.22. The fourth-order valence-corrected chi connectivity index (χ4v) is 2.65. The number of hydrogen-bond donors (Lipinski definition) is 0. The van der Waals surface area contributed by atoms with Crippen molar-refractivity contribution in [2.45, 2.75) is 111 Å². The van der Waals surface area contributed by atoms with Crippen molar-refractivity contribution in [1.29, 1.82) is 0 Å². The lowest BCUT2D eigenvalue weighted by Crippen LogP contribution is -2.22. The molecule has 1 aliphatic rings. The molecular weight excluding hydrogens is 260 g/mol. The fourth-order valence-electron chi connectivity index (χ4n) is 2.65. The van der Waals surface area contributed by atoms with Crippen LogP contribution in [-0.4, -0.2) is 19.5 Å². The largest absolute Gasteiger partial charge is 0.353 e. The molecule has 1 saturated heterocycles. The molecule has 0 bridgehead atoms. The van der Waals surface area contributed by atoms with Crippen LogP contribution in [0.25, 0.3) is 0 Å². The molecule has 0 N–H and O–H groups in total. The van der Waals surface area contributed by atoms with Crippen LogP contribution < -0.4 is 0 Å². The van der Waals surface area contributed by atoms with Crippen LogP contribution >= 0.6 is 0 Å². The van der Waals surface area contributed by atoms with Crippen molar-refractivity contribution < 1.29 is 9.47 Å². The second-order valence-corrected chi connectivity index (χ2v) is 5.85. The standard InChI is InChI=1S/C17H34O2.C2H6/c1-2-3-4-5-6-7-8-9-10-12-15-18-17-14-11-13-16-19-17;1-2/h17H,2-16H2,1H3;1-2H3. The average Bonchev–Trinajstić information content (AvgIpc) is 2.55. The summed E-state index contributed by atoms with van der Waals surface area (Å²) >= 11 is 0. The molecule has 0 saturated carbocycles. The highest BCUT2D eigenvalue weighted by Gasteiger charge is 2.13. The van der Waals surface area contributed by atoms with Gasteiger partial charge in [-0.1, -0.05) is 78.6 Å². The minimum absolute atomic E-state index is 0.104. The van der Waals surface area contributed by atoms with Crippen LogP contribution in [0.2, 0.25) is 0 Å². The number of ether oxygens (including phenoxy) is 2. The third-order valence-electron chi connectivity index (χ3n) is 3.94. The topological polar surface area (TPSA) is 18.5 Å². The van der Waals surface area contributed by atoms with E-state index in [-0.39, 0.29) is 6.29 Å². The summed E-state index contributed by atoms with van der Waals surface area (Å²) in [5.74, 6) is 0. The van der Waals surface area contributed by atoms with E-state index in [9.17, 15) is 0 Å². The Balaban J connectivity index is 0.00000191. The summed E-state index contributed by atoms with van der Waals surface area (Å²) in [6, 6.07) is 0. The van der Waals surface area contributed by atoms with E-state index in [2.05, 4.69) is 6.92 Å². The Kier molecular flexibility index (Phi) is 17.9. The summed E-state index contributed by atoms with van der Waals surface area (Å²) in [6.45, 7) is 8.06. The quantitative estimate of drug-likeness (QED) is 0.384. The van der Waals surface area contributed by atoms with E-state index in [1.54, 1.807) is 0 Å². The second-order valence-electron chi connectivity index (χ2n) is 5.85. The van der Waals surface area contributed by atoms with Crippen LogP contribution in [0.15, 0.2) is 0 Å². The summed E-state index contributed by atoms with van der Waals surface area (Å²) in [6.07, 6.45) is 17.5.